The van der Waals surface area contributed by atoms with Gasteiger partial charge in [0, 0.05) is 20.6 Å². The van der Waals surface area contributed by atoms with Crippen LogP contribution in [0.3, 0.4) is 0 Å². The molecule has 1 rings (SSSR count). The van der Waals surface area contributed by atoms with Crippen molar-refractivity contribution in [3.63, 3.8) is 0 Å². The van der Waals surface area contributed by atoms with Gasteiger partial charge in [-0.25, -0.2) is 0 Å². The molecule has 2 unspecified atom stereocenters. The van der Waals surface area contributed by atoms with Gasteiger partial charge in [0.2, 0.25) is 0 Å². The molecular weight excluding hydrogens is 306 g/mol. The Kier molecular flexibility index (Phi) is 5.33. The third kappa shape index (κ3) is 3.21. The zero-order valence-electron chi connectivity index (χ0n) is 11.4. The van der Waals surface area contributed by atoms with Crippen molar-refractivity contribution in [3.05, 3.63) is 35.4 Å². The lowest BCUT2D eigenvalue weighted by molar-refractivity contribution is 0.117. The van der Waals surface area contributed by atoms with Crippen LogP contribution in [0.2, 0.25) is 0 Å². The van der Waals surface area contributed by atoms with Crippen LogP contribution in [0.5, 0.6) is 0 Å². The fourth-order valence-corrected chi connectivity index (χ4v) is 4.75. The smallest absolute Gasteiger partial charge is 0.367 e. The molecule has 3 N–H and O–H groups in total. The van der Waals surface area contributed by atoms with Gasteiger partial charge in [0.25, 0.3) is 5.08 Å². The summed E-state index contributed by atoms with van der Waals surface area (Å²) in [5.41, 5.74) is 1.34. The van der Waals surface area contributed by atoms with Crippen molar-refractivity contribution in [2.45, 2.75) is 18.4 Å². The van der Waals surface area contributed by atoms with E-state index in [2.05, 4.69) is 9.05 Å². The Balaban J connectivity index is 3.30. The van der Waals surface area contributed by atoms with Crippen LogP contribution in [-0.4, -0.2) is 34.2 Å². The molecule has 0 amide bonds. The summed E-state index contributed by atoms with van der Waals surface area (Å²) in [7, 11) is -7.84. The number of benzene rings is 1. The van der Waals surface area contributed by atoms with Crippen LogP contribution in [0.4, 0.5) is 0 Å². The Morgan fingerprint density at radius 1 is 1.05 bits per heavy atom. The highest BCUT2D eigenvalue weighted by molar-refractivity contribution is 7.72. The molecule has 1 aromatic carbocycles. The quantitative estimate of drug-likeness (QED) is 0.684. The molecule has 114 valence electrons. The van der Waals surface area contributed by atoms with E-state index in [1.54, 1.807) is 24.3 Å². The lowest BCUT2D eigenvalue weighted by Crippen LogP contribution is -2.32. The van der Waals surface area contributed by atoms with E-state index in [0.29, 0.717) is 5.56 Å². The van der Waals surface area contributed by atoms with Gasteiger partial charge in [0.05, 0.1) is 0 Å². The molecule has 0 fully saturated rings. The predicted octanol–water partition coefficient (Wildman–Crippen LogP) is 1.85. The summed E-state index contributed by atoms with van der Waals surface area (Å²) in [4.78, 5) is 19.4. The first kappa shape index (κ1) is 17.5. The second-order valence-electron chi connectivity index (χ2n) is 4.34. The summed E-state index contributed by atoms with van der Waals surface area (Å²) in [6, 6.07) is 6.57. The number of hydrogen-bond acceptors (Lipinski definition) is 5. The van der Waals surface area contributed by atoms with Gasteiger partial charge in [0.1, 0.15) is 0 Å². The molecular formula is C11H18O7P2. The minimum absolute atomic E-state index is 0.399. The van der Waals surface area contributed by atoms with Crippen molar-refractivity contribution in [1.29, 1.82) is 0 Å². The normalized spacial score (nSPS) is 20.7. The van der Waals surface area contributed by atoms with Gasteiger partial charge in [-0.3, -0.25) is 9.13 Å². The van der Waals surface area contributed by atoms with Gasteiger partial charge in [-0.2, -0.15) is 0 Å². The highest BCUT2D eigenvalue weighted by Crippen LogP contribution is 2.72. The molecule has 0 aliphatic heterocycles. The second kappa shape index (κ2) is 6.08. The molecule has 0 aliphatic carbocycles. The molecule has 7 nitrogen and oxygen atoms in total. The van der Waals surface area contributed by atoms with Crippen LogP contribution in [-0.2, 0) is 24.6 Å². The summed E-state index contributed by atoms with van der Waals surface area (Å²) in [5, 5.41) is 7.38. The molecule has 0 saturated heterocycles. The summed E-state index contributed by atoms with van der Waals surface area (Å²) in [6.07, 6.45) is -0.559. The van der Waals surface area contributed by atoms with Crippen LogP contribution in [0, 0.1) is 6.92 Å². The first-order valence-electron chi connectivity index (χ1n) is 5.65. The van der Waals surface area contributed by atoms with Crippen molar-refractivity contribution in [2.75, 3.05) is 14.2 Å². The summed E-state index contributed by atoms with van der Waals surface area (Å²) < 4.78 is 32.6. The van der Waals surface area contributed by atoms with Crippen LogP contribution in [0.1, 0.15) is 11.1 Å². The molecule has 0 aliphatic rings. The highest BCUT2D eigenvalue weighted by Gasteiger charge is 2.61. The Bertz CT molecular complexity index is 530. The zero-order chi connectivity index (χ0) is 15.6. The fraction of sp³-hybridized carbons (Fsp3) is 0.455. The number of hydrogen-bond donors (Lipinski definition) is 3. The van der Waals surface area contributed by atoms with Crippen LogP contribution >= 0.6 is 15.2 Å². The lowest BCUT2D eigenvalue weighted by atomic mass is 10.1. The average molecular weight is 324 g/mol. The molecule has 2 atom stereocenters. The Labute approximate surface area is 117 Å². The van der Waals surface area contributed by atoms with Crippen LogP contribution in [0.25, 0.3) is 0 Å². The molecule has 0 radical (unpaired) electrons. The van der Waals surface area contributed by atoms with Gasteiger partial charge in [-0.05, 0) is 12.5 Å². The third-order valence-electron chi connectivity index (χ3n) is 2.96. The minimum atomic E-state index is -4.79. The first-order chi connectivity index (χ1) is 9.09. The van der Waals surface area contributed by atoms with Gasteiger partial charge in [-0.1, -0.05) is 29.8 Å². The van der Waals surface area contributed by atoms with E-state index in [1.807, 2.05) is 6.92 Å². The summed E-state index contributed by atoms with van der Waals surface area (Å²) in [5.74, 6) is 0. The maximum Gasteiger partial charge on any atom is 0.372 e. The monoisotopic (exact) mass is 324 g/mol. The molecule has 0 spiro atoms. The van der Waals surface area contributed by atoms with Crippen molar-refractivity contribution < 1.29 is 33.1 Å². The van der Waals surface area contributed by atoms with E-state index in [-0.39, 0.29) is 0 Å². The largest absolute Gasteiger partial charge is 0.372 e. The van der Waals surface area contributed by atoms with Gasteiger partial charge in [0.15, 0.2) is 0 Å². The predicted molar refractivity (Wildman–Crippen MR) is 73.5 cm³/mol. The van der Waals surface area contributed by atoms with Crippen molar-refractivity contribution in [1.82, 2.24) is 0 Å². The van der Waals surface area contributed by atoms with E-state index in [9.17, 15) is 24.0 Å². The molecule has 1 aromatic rings. The van der Waals surface area contributed by atoms with E-state index >= 15 is 0 Å². The fourth-order valence-electron chi connectivity index (χ4n) is 1.63. The van der Waals surface area contributed by atoms with Crippen LogP contribution in [0.15, 0.2) is 24.3 Å². The molecule has 20 heavy (non-hydrogen) atoms. The van der Waals surface area contributed by atoms with E-state index in [4.69, 9.17) is 0 Å². The maximum absolute atomic E-state index is 12.0. The van der Waals surface area contributed by atoms with Gasteiger partial charge in [-0.15, -0.1) is 0 Å². The van der Waals surface area contributed by atoms with Crippen molar-refractivity contribution in [3.8, 4) is 0 Å². The molecule has 0 aromatic heterocycles. The Morgan fingerprint density at radius 3 is 1.80 bits per heavy atom. The van der Waals surface area contributed by atoms with Gasteiger partial charge >= 0.3 is 15.2 Å². The molecule has 0 saturated carbocycles. The second-order valence-corrected chi connectivity index (χ2v) is 8.99. The summed E-state index contributed by atoms with van der Waals surface area (Å²) >= 11 is 0. The molecule has 0 bridgehead atoms. The van der Waals surface area contributed by atoms with Crippen molar-refractivity contribution in [2.24, 2.45) is 0 Å². The van der Waals surface area contributed by atoms with Crippen LogP contribution < -0.4 is 0 Å². The SMILES string of the molecule is COP(=O)(O)C(O)(Cc1ccc(C)cc1)P(=O)(O)OC. The maximum atomic E-state index is 12.0. The van der Waals surface area contributed by atoms with E-state index in [1.165, 1.54) is 0 Å². The zero-order valence-corrected chi connectivity index (χ0v) is 13.2. The number of aryl methyl sites for hydroxylation is 1. The minimum Gasteiger partial charge on any atom is -0.367 e. The molecule has 0 heterocycles. The van der Waals surface area contributed by atoms with Crippen molar-refractivity contribution >= 4 is 15.2 Å². The molecule has 9 heteroatoms. The Morgan fingerprint density at radius 2 is 1.45 bits per heavy atom. The van der Waals surface area contributed by atoms with E-state index in [0.717, 1.165) is 19.8 Å². The highest BCUT2D eigenvalue weighted by atomic mass is 31.2. The average Bonchev–Trinajstić information content (AvgIpc) is 2.40. The third-order valence-corrected chi connectivity index (χ3v) is 7.59. The topological polar surface area (TPSA) is 113 Å². The standard InChI is InChI=1S/C11H18O7P2/c1-9-4-6-10(7-5-9)8-11(12,19(13,14)17-2)20(15,16)18-3/h4-7,12H,8H2,1-3H3,(H,13,14)(H,15,16). The van der Waals surface area contributed by atoms with Gasteiger partial charge < -0.3 is 23.9 Å². The first-order valence-corrected chi connectivity index (χ1v) is 8.80. The Hall–Kier alpha value is -0.520. The summed E-state index contributed by atoms with van der Waals surface area (Å²) in [6.45, 7) is 1.84. The number of aliphatic hydroxyl groups is 1. The van der Waals surface area contributed by atoms with E-state index < -0.39 is 26.7 Å². The number of rotatable bonds is 6. The lowest BCUT2D eigenvalue weighted by Gasteiger charge is -2.33.